The van der Waals surface area contributed by atoms with Crippen LogP contribution in [-0.4, -0.2) is 85.9 Å². The van der Waals surface area contributed by atoms with Crippen molar-refractivity contribution in [3.63, 3.8) is 0 Å². The van der Waals surface area contributed by atoms with Crippen molar-refractivity contribution in [3.8, 4) is 5.82 Å². The SMILES string of the molecule is C.Cc1nc(N2CC3CC2CO3)cc(-n2ncc3cc(C)c(C4CCN(C(=O)OC(C)(C)C)CC4O)cc32)n1. The number of nitrogens with zero attached hydrogens (tertiary/aromatic N) is 6. The van der Waals surface area contributed by atoms with Gasteiger partial charge in [-0.05, 0) is 70.7 Å². The van der Waals surface area contributed by atoms with E-state index in [1.807, 2.05) is 44.6 Å². The molecule has 0 radical (unpaired) electrons. The summed E-state index contributed by atoms with van der Waals surface area (Å²) in [5.41, 5.74) is 2.53. The van der Waals surface area contributed by atoms with Gasteiger partial charge in [-0.2, -0.15) is 5.10 Å². The molecule has 3 fully saturated rings. The van der Waals surface area contributed by atoms with Crippen molar-refractivity contribution in [2.45, 2.75) is 84.7 Å². The molecule has 3 aliphatic heterocycles. The summed E-state index contributed by atoms with van der Waals surface area (Å²) in [6.07, 6.45) is 2.76. The van der Waals surface area contributed by atoms with Crippen LogP contribution in [0.3, 0.4) is 0 Å². The molecule has 3 saturated heterocycles. The molecule has 0 saturated carbocycles. The number of carbonyl (C=O) groups is 1. The van der Waals surface area contributed by atoms with Gasteiger partial charge in [-0.25, -0.2) is 19.4 Å². The molecule has 210 valence electrons. The predicted octanol–water partition coefficient (Wildman–Crippen LogP) is 4.13. The minimum Gasteiger partial charge on any atom is -0.444 e. The van der Waals surface area contributed by atoms with Gasteiger partial charge in [-0.3, -0.25) is 0 Å². The van der Waals surface area contributed by atoms with E-state index in [1.54, 1.807) is 4.90 Å². The molecule has 2 aromatic heterocycles. The maximum absolute atomic E-state index is 12.6. The van der Waals surface area contributed by atoms with Gasteiger partial charge in [0.1, 0.15) is 17.2 Å². The van der Waals surface area contributed by atoms with Gasteiger partial charge in [0.2, 0.25) is 0 Å². The maximum atomic E-state index is 12.6. The first-order valence-corrected chi connectivity index (χ1v) is 13.4. The number of hydrogen-bond acceptors (Lipinski definition) is 8. The first-order valence-electron chi connectivity index (χ1n) is 13.4. The van der Waals surface area contributed by atoms with Gasteiger partial charge in [0.15, 0.2) is 5.82 Å². The normalized spacial score (nSPS) is 24.8. The third kappa shape index (κ3) is 5.19. The lowest BCUT2D eigenvalue weighted by atomic mass is 9.84. The van der Waals surface area contributed by atoms with Gasteiger partial charge >= 0.3 is 6.09 Å². The number of amides is 1. The van der Waals surface area contributed by atoms with Crippen LogP contribution in [0.15, 0.2) is 24.4 Å². The number of carbonyl (C=O) groups excluding carboxylic acids is 1. The Balaban J connectivity index is 0.00000308. The maximum Gasteiger partial charge on any atom is 0.410 e. The van der Waals surface area contributed by atoms with E-state index in [1.165, 1.54) is 0 Å². The number of hydrogen-bond donors (Lipinski definition) is 1. The van der Waals surface area contributed by atoms with E-state index in [0.29, 0.717) is 24.8 Å². The fraction of sp³-hybridized carbons (Fsp3) is 0.586. The highest BCUT2D eigenvalue weighted by molar-refractivity contribution is 5.82. The zero-order chi connectivity index (χ0) is 26.8. The van der Waals surface area contributed by atoms with Crippen molar-refractivity contribution in [3.05, 3.63) is 41.3 Å². The molecule has 3 aliphatic rings. The lowest BCUT2D eigenvalue weighted by Gasteiger charge is -2.37. The molecule has 39 heavy (non-hydrogen) atoms. The van der Waals surface area contributed by atoms with E-state index in [2.05, 4.69) is 29.1 Å². The van der Waals surface area contributed by atoms with Crippen molar-refractivity contribution in [2.75, 3.05) is 31.1 Å². The van der Waals surface area contributed by atoms with E-state index in [-0.39, 0.29) is 32.1 Å². The van der Waals surface area contributed by atoms with Crippen molar-refractivity contribution in [1.29, 1.82) is 0 Å². The van der Waals surface area contributed by atoms with E-state index in [4.69, 9.17) is 19.4 Å². The number of morpholine rings is 1. The topological polar surface area (TPSA) is 106 Å². The standard InChI is InChI=1S/C28H36N6O4.CH4/c1-16-8-18-12-29-34(26-11-25(30-17(2)31-26)33-13-20-9-19(33)15-37-20)23(18)10-22(16)21-6-7-32(14-24(21)35)27(36)38-28(3,4)5;/h8,10-12,19-21,24,35H,6-7,9,13-15H2,1-5H3;1H4. The Hall–Kier alpha value is -3.24. The monoisotopic (exact) mass is 536 g/mol. The summed E-state index contributed by atoms with van der Waals surface area (Å²) in [7, 11) is 0. The van der Waals surface area contributed by atoms with Gasteiger partial charge in [-0.15, -0.1) is 0 Å². The second kappa shape index (κ2) is 10.1. The molecule has 3 aromatic rings. The molecule has 5 heterocycles. The number of aliphatic hydroxyl groups is 1. The average Bonchev–Trinajstić information content (AvgIpc) is 3.58. The highest BCUT2D eigenvalue weighted by Gasteiger charge is 2.40. The molecule has 1 N–H and O–H groups in total. The van der Waals surface area contributed by atoms with Crippen LogP contribution in [0.5, 0.6) is 0 Å². The largest absolute Gasteiger partial charge is 0.444 e. The van der Waals surface area contributed by atoms with E-state index in [0.717, 1.165) is 53.2 Å². The molecular weight excluding hydrogens is 496 g/mol. The summed E-state index contributed by atoms with van der Waals surface area (Å²) in [6.45, 7) is 11.9. The zero-order valence-corrected chi connectivity index (χ0v) is 22.7. The highest BCUT2D eigenvalue weighted by atomic mass is 16.6. The number of aliphatic hydroxyl groups excluding tert-OH is 1. The second-order valence-corrected chi connectivity index (χ2v) is 11.8. The zero-order valence-electron chi connectivity index (χ0n) is 22.7. The van der Waals surface area contributed by atoms with Crippen LogP contribution in [0.25, 0.3) is 16.7 Å². The minimum absolute atomic E-state index is 0. The molecule has 4 unspecified atom stereocenters. The number of aromatic nitrogens is 4. The van der Waals surface area contributed by atoms with Crippen molar-refractivity contribution < 1.29 is 19.4 Å². The number of aryl methyl sites for hydroxylation is 2. The Labute approximate surface area is 229 Å². The van der Waals surface area contributed by atoms with Crippen LogP contribution in [0.1, 0.15) is 63.9 Å². The number of piperidine rings is 1. The third-order valence-electron chi connectivity index (χ3n) is 7.81. The molecule has 6 rings (SSSR count). The first kappa shape index (κ1) is 27.3. The number of β-amino-alcohol motifs (C(OH)–C–C–N with tert-alkyl or cyclic N) is 1. The Morgan fingerprint density at radius 2 is 1.90 bits per heavy atom. The molecule has 4 atom stereocenters. The fourth-order valence-corrected chi connectivity index (χ4v) is 6.05. The van der Waals surface area contributed by atoms with E-state index >= 15 is 0 Å². The molecular formula is C29H40N6O4. The Kier molecular flexibility index (Phi) is 7.05. The van der Waals surface area contributed by atoms with E-state index in [9.17, 15) is 9.90 Å². The number of fused-ring (bicyclic) bond motifs is 3. The quantitative estimate of drug-likeness (QED) is 0.533. The number of anilines is 1. The van der Waals surface area contributed by atoms with Gasteiger partial charge in [0.05, 0.1) is 43.1 Å². The van der Waals surface area contributed by atoms with Crippen molar-refractivity contribution in [2.24, 2.45) is 0 Å². The summed E-state index contributed by atoms with van der Waals surface area (Å²) >= 11 is 0. The number of rotatable bonds is 3. The lowest BCUT2D eigenvalue weighted by molar-refractivity contribution is -0.00155. The molecule has 1 aromatic carbocycles. The van der Waals surface area contributed by atoms with Gasteiger partial charge in [0, 0.05) is 30.5 Å². The van der Waals surface area contributed by atoms with Gasteiger partial charge in [-0.1, -0.05) is 7.43 Å². The summed E-state index contributed by atoms with van der Waals surface area (Å²) in [5, 5.41) is 16.8. The molecule has 2 bridgehead atoms. The van der Waals surface area contributed by atoms with Crippen LogP contribution in [0, 0.1) is 13.8 Å². The molecule has 1 amide bonds. The van der Waals surface area contributed by atoms with Crippen LogP contribution in [0.4, 0.5) is 10.6 Å². The number of likely N-dealkylation sites (tertiary alicyclic amines) is 1. The number of ether oxygens (including phenoxy) is 2. The third-order valence-corrected chi connectivity index (χ3v) is 7.81. The second-order valence-electron chi connectivity index (χ2n) is 11.8. The van der Waals surface area contributed by atoms with E-state index < -0.39 is 11.7 Å². The van der Waals surface area contributed by atoms with Crippen LogP contribution in [-0.2, 0) is 9.47 Å². The predicted molar refractivity (Wildman–Crippen MR) is 150 cm³/mol. The fourth-order valence-electron chi connectivity index (χ4n) is 6.05. The van der Waals surface area contributed by atoms with Crippen LogP contribution < -0.4 is 4.90 Å². The van der Waals surface area contributed by atoms with Crippen LogP contribution in [0.2, 0.25) is 0 Å². The minimum atomic E-state index is -0.690. The summed E-state index contributed by atoms with van der Waals surface area (Å²) < 4.78 is 13.2. The number of benzene rings is 1. The Bertz CT molecular complexity index is 1380. The van der Waals surface area contributed by atoms with Crippen LogP contribution >= 0.6 is 0 Å². The molecule has 0 aliphatic carbocycles. The van der Waals surface area contributed by atoms with Gasteiger partial charge < -0.3 is 24.4 Å². The van der Waals surface area contributed by atoms with Gasteiger partial charge in [0.25, 0.3) is 0 Å². The molecule has 0 spiro atoms. The molecule has 10 heteroatoms. The summed E-state index contributed by atoms with van der Waals surface area (Å²) in [6, 6.07) is 6.61. The smallest absolute Gasteiger partial charge is 0.410 e. The lowest BCUT2D eigenvalue weighted by Crippen LogP contribution is -2.47. The molecule has 10 nitrogen and oxygen atoms in total. The Morgan fingerprint density at radius 3 is 2.56 bits per heavy atom. The Morgan fingerprint density at radius 1 is 1.13 bits per heavy atom. The van der Waals surface area contributed by atoms with Crippen molar-refractivity contribution in [1.82, 2.24) is 24.6 Å². The highest BCUT2D eigenvalue weighted by Crippen LogP contribution is 2.35. The van der Waals surface area contributed by atoms with Crippen molar-refractivity contribution >= 4 is 22.8 Å². The average molecular weight is 537 g/mol. The summed E-state index contributed by atoms with van der Waals surface area (Å²) in [5.74, 6) is 2.23. The summed E-state index contributed by atoms with van der Waals surface area (Å²) in [4.78, 5) is 25.9. The first-order chi connectivity index (χ1) is 18.1.